The van der Waals surface area contributed by atoms with Gasteiger partial charge >= 0.3 is 0 Å². The summed E-state index contributed by atoms with van der Waals surface area (Å²) in [6, 6.07) is 15.8. The fourth-order valence-corrected chi connectivity index (χ4v) is 5.39. The average Bonchev–Trinajstić information content (AvgIpc) is 3.13. The number of carbonyl (C=O) groups is 3. The van der Waals surface area contributed by atoms with Crippen LogP contribution in [0.15, 0.2) is 48.5 Å². The maximum Gasteiger partial charge on any atom is 0.227 e. The molecule has 294 valence electrons. The molecule has 0 aliphatic carbocycles. The van der Waals surface area contributed by atoms with Crippen LogP contribution < -0.4 is 20.9 Å². The number of para-hydroxylation sites is 1. The van der Waals surface area contributed by atoms with E-state index < -0.39 is 11.2 Å². The normalized spacial score (nSPS) is 13.4. The second-order valence-electron chi connectivity index (χ2n) is 14.3. The number of ether oxygens (including phenoxy) is 5. The second-order valence-corrected chi connectivity index (χ2v) is 14.3. The number of anilines is 1. The first-order valence-electron chi connectivity index (χ1n) is 18.8. The summed E-state index contributed by atoms with van der Waals surface area (Å²) in [5.41, 5.74) is 2.59. The van der Waals surface area contributed by atoms with Crippen molar-refractivity contribution in [3.63, 3.8) is 0 Å². The number of fused-ring (bicyclic) bond motifs is 2. The molecule has 0 bridgehead atoms. The SMILES string of the molecule is CNCCCOCCOCCOCCCNC(=O)CCOC(C)(C)COC(C)(C)CNC(=O)CCC(=O)N1Cc2ccccc2/C=C\c2ccccc21. The maximum atomic E-state index is 13.5. The zero-order valence-electron chi connectivity index (χ0n) is 32.5. The van der Waals surface area contributed by atoms with E-state index in [1.807, 2.05) is 89.3 Å². The van der Waals surface area contributed by atoms with Crippen molar-refractivity contribution in [1.82, 2.24) is 16.0 Å². The van der Waals surface area contributed by atoms with Gasteiger partial charge in [-0.1, -0.05) is 54.6 Å². The molecular formula is C41H62N4O8. The van der Waals surface area contributed by atoms with Gasteiger partial charge in [0.1, 0.15) is 0 Å². The lowest BCUT2D eigenvalue weighted by Crippen LogP contribution is -2.44. The molecule has 1 aliphatic rings. The van der Waals surface area contributed by atoms with Crippen molar-refractivity contribution in [2.24, 2.45) is 0 Å². The molecule has 0 aromatic heterocycles. The molecule has 53 heavy (non-hydrogen) atoms. The number of amides is 3. The lowest BCUT2D eigenvalue weighted by molar-refractivity contribution is -0.134. The van der Waals surface area contributed by atoms with E-state index in [9.17, 15) is 14.4 Å². The third-order valence-electron chi connectivity index (χ3n) is 8.51. The summed E-state index contributed by atoms with van der Waals surface area (Å²) < 4.78 is 28.6. The lowest BCUT2D eigenvalue weighted by Gasteiger charge is -2.32. The lowest BCUT2D eigenvalue weighted by atomic mass is 10.0. The maximum absolute atomic E-state index is 13.5. The van der Waals surface area contributed by atoms with Crippen LogP contribution in [0.3, 0.4) is 0 Å². The summed E-state index contributed by atoms with van der Waals surface area (Å²) >= 11 is 0. The van der Waals surface area contributed by atoms with Crippen LogP contribution in [0.5, 0.6) is 0 Å². The second kappa shape index (κ2) is 23.9. The molecule has 3 rings (SSSR count). The van der Waals surface area contributed by atoms with Crippen LogP contribution >= 0.6 is 0 Å². The van der Waals surface area contributed by atoms with Gasteiger partial charge in [0, 0.05) is 45.6 Å². The zero-order valence-corrected chi connectivity index (χ0v) is 32.5. The third-order valence-corrected chi connectivity index (χ3v) is 8.51. The number of nitrogens with one attached hydrogen (secondary N) is 3. The quantitative estimate of drug-likeness (QED) is 0.117. The molecule has 0 spiro atoms. The van der Waals surface area contributed by atoms with Crippen LogP contribution in [0.4, 0.5) is 5.69 Å². The zero-order chi connectivity index (χ0) is 38.4. The first-order chi connectivity index (χ1) is 25.5. The molecule has 12 heteroatoms. The van der Waals surface area contributed by atoms with Crippen molar-refractivity contribution in [2.45, 2.75) is 77.5 Å². The summed E-state index contributed by atoms with van der Waals surface area (Å²) in [6.45, 7) is 13.7. The summed E-state index contributed by atoms with van der Waals surface area (Å²) in [6.07, 6.45) is 6.18. The van der Waals surface area contributed by atoms with E-state index in [0.717, 1.165) is 42.0 Å². The first-order valence-corrected chi connectivity index (χ1v) is 18.8. The Labute approximate surface area is 316 Å². The molecule has 0 unspecified atom stereocenters. The fraction of sp³-hybridized carbons (Fsp3) is 0.585. The molecule has 0 fully saturated rings. The first kappa shape index (κ1) is 43.8. The minimum atomic E-state index is -0.676. The number of benzene rings is 2. The minimum Gasteiger partial charge on any atom is -0.379 e. The van der Waals surface area contributed by atoms with Crippen LogP contribution in [0, 0.1) is 0 Å². The number of hydrogen-bond donors (Lipinski definition) is 3. The molecule has 0 atom stereocenters. The predicted molar refractivity (Wildman–Crippen MR) is 209 cm³/mol. The van der Waals surface area contributed by atoms with Gasteiger partial charge < -0.3 is 44.5 Å². The van der Waals surface area contributed by atoms with Gasteiger partial charge in [0.2, 0.25) is 17.7 Å². The van der Waals surface area contributed by atoms with E-state index in [1.54, 1.807) is 4.90 Å². The number of nitrogens with zero attached hydrogens (tertiary/aromatic N) is 1. The van der Waals surface area contributed by atoms with E-state index in [1.165, 1.54) is 0 Å². The molecule has 1 heterocycles. The topological polar surface area (TPSA) is 137 Å². The molecule has 3 amide bonds. The van der Waals surface area contributed by atoms with Gasteiger partial charge in [0.05, 0.1) is 63.1 Å². The van der Waals surface area contributed by atoms with E-state index in [-0.39, 0.29) is 56.7 Å². The summed E-state index contributed by atoms with van der Waals surface area (Å²) in [5, 5.41) is 8.90. The smallest absolute Gasteiger partial charge is 0.227 e. The van der Waals surface area contributed by atoms with Gasteiger partial charge in [-0.2, -0.15) is 0 Å². The molecule has 3 N–H and O–H groups in total. The van der Waals surface area contributed by atoms with Gasteiger partial charge in [-0.25, -0.2) is 0 Å². The highest BCUT2D eigenvalue weighted by atomic mass is 16.6. The molecular weight excluding hydrogens is 676 g/mol. The van der Waals surface area contributed by atoms with Crippen LogP contribution in [0.1, 0.15) is 76.5 Å². The van der Waals surface area contributed by atoms with E-state index in [0.29, 0.717) is 52.5 Å². The molecule has 0 radical (unpaired) electrons. The highest BCUT2D eigenvalue weighted by molar-refractivity contribution is 5.98. The molecule has 2 aromatic carbocycles. The Morgan fingerprint density at radius 2 is 1.26 bits per heavy atom. The van der Waals surface area contributed by atoms with Crippen molar-refractivity contribution in [1.29, 1.82) is 0 Å². The molecule has 12 nitrogen and oxygen atoms in total. The fourth-order valence-electron chi connectivity index (χ4n) is 5.39. The van der Waals surface area contributed by atoms with Gasteiger partial charge in [0.25, 0.3) is 0 Å². The van der Waals surface area contributed by atoms with Gasteiger partial charge in [-0.05, 0) is 76.9 Å². The Bertz CT molecular complexity index is 1430. The standard InChI is InChI=1S/C41H62N4O8/c1-40(2,53-32-41(3,4)52-25-20-38(47)43-22-11-24-50-27-29-51-28-26-49-23-10-21-42-5)31-44-37(46)18-19-39(48)45-30-35-14-7-6-12-33(35)16-17-34-13-8-9-15-36(34)45/h6-9,12-17,42H,10-11,18-32H2,1-5H3,(H,43,47)(H,44,46)/b17-16-. The van der Waals surface area contributed by atoms with Gasteiger partial charge in [0.15, 0.2) is 0 Å². The van der Waals surface area contributed by atoms with Crippen molar-refractivity contribution in [3.8, 4) is 0 Å². The predicted octanol–water partition coefficient (Wildman–Crippen LogP) is 4.75. The Morgan fingerprint density at radius 3 is 1.98 bits per heavy atom. The minimum absolute atomic E-state index is 0.0673. The van der Waals surface area contributed by atoms with Gasteiger partial charge in [-0.15, -0.1) is 0 Å². The van der Waals surface area contributed by atoms with E-state index in [4.69, 9.17) is 23.7 Å². The van der Waals surface area contributed by atoms with Crippen molar-refractivity contribution in [3.05, 3.63) is 65.2 Å². The van der Waals surface area contributed by atoms with Gasteiger partial charge in [-0.3, -0.25) is 14.4 Å². The Kier molecular flexibility index (Phi) is 19.7. The third kappa shape index (κ3) is 17.8. The molecule has 1 aliphatic heterocycles. The Balaban J connectivity index is 1.25. The molecule has 0 saturated carbocycles. The number of hydrogen-bond acceptors (Lipinski definition) is 9. The van der Waals surface area contributed by atoms with Crippen LogP contribution in [-0.4, -0.2) is 108 Å². The van der Waals surface area contributed by atoms with Crippen LogP contribution in [0.2, 0.25) is 0 Å². The monoisotopic (exact) mass is 738 g/mol. The number of carbonyl (C=O) groups excluding carboxylic acids is 3. The Hall–Kier alpha value is -3.65. The van der Waals surface area contributed by atoms with Crippen molar-refractivity contribution < 1.29 is 38.1 Å². The van der Waals surface area contributed by atoms with E-state index >= 15 is 0 Å². The molecule has 0 saturated heterocycles. The van der Waals surface area contributed by atoms with Crippen LogP contribution in [0.25, 0.3) is 12.2 Å². The average molecular weight is 739 g/mol. The Morgan fingerprint density at radius 1 is 0.660 bits per heavy atom. The summed E-state index contributed by atoms with van der Waals surface area (Å²) in [7, 11) is 1.92. The van der Waals surface area contributed by atoms with E-state index in [2.05, 4.69) is 22.0 Å². The van der Waals surface area contributed by atoms with Crippen LogP contribution in [-0.2, 0) is 44.6 Å². The number of rotatable bonds is 26. The summed E-state index contributed by atoms with van der Waals surface area (Å²) in [4.78, 5) is 40.4. The highest BCUT2D eigenvalue weighted by Gasteiger charge is 2.27. The molecule has 2 aromatic rings. The van der Waals surface area contributed by atoms with Crippen molar-refractivity contribution in [2.75, 3.05) is 84.4 Å². The highest BCUT2D eigenvalue weighted by Crippen LogP contribution is 2.29. The largest absolute Gasteiger partial charge is 0.379 e. The van der Waals surface area contributed by atoms with Crippen molar-refractivity contribution >= 4 is 35.6 Å². The summed E-state index contributed by atoms with van der Waals surface area (Å²) in [5.74, 6) is -0.413.